The molecular formula is C20H27N5O3S. The molecule has 1 amide bonds. The lowest BCUT2D eigenvalue weighted by Crippen LogP contribution is -2.43. The number of likely N-dealkylation sites (N-methyl/N-ethyl adjacent to an activating group) is 1. The summed E-state index contributed by atoms with van der Waals surface area (Å²) in [6, 6.07) is 16.3. The van der Waals surface area contributed by atoms with Crippen LogP contribution in [0, 0.1) is 0 Å². The number of benzene rings is 2. The molecule has 156 valence electrons. The fourth-order valence-corrected chi connectivity index (χ4v) is 2.93. The summed E-state index contributed by atoms with van der Waals surface area (Å²) in [5.74, 6) is 0.437. The lowest BCUT2D eigenvalue weighted by atomic mass is 10.1. The molecule has 0 aliphatic heterocycles. The molecule has 8 nitrogen and oxygen atoms in total. The maximum absolute atomic E-state index is 11.9. The molecule has 9 heteroatoms. The number of rotatable bonds is 8. The van der Waals surface area contributed by atoms with E-state index in [1.54, 1.807) is 26.2 Å². The maximum atomic E-state index is 11.9. The quantitative estimate of drug-likeness (QED) is 0.432. The Morgan fingerprint density at radius 3 is 2.24 bits per heavy atom. The second kappa shape index (κ2) is 10.6. The first-order valence-electron chi connectivity index (χ1n) is 9.13. The predicted octanol–water partition coefficient (Wildman–Crippen LogP) is 0.700. The van der Waals surface area contributed by atoms with Crippen molar-refractivity contribution in [1.29, 1.82) is 0 Å². The first-order chi connectivity index (χ1) is 13.8. The third-order valence-electron chi connectivity index (χ3n) is 4.13. The average molecular weight is 418 g/mol. The minimum atomic E-state index is -3.72. The van der Waals surface area contributed by atoms with E-state index >= 15 is 0 Å². The Labute approximate surface area is 171 Å². The van der Waals surface area contributed by atoms with E-state index in [4.69, 9.17) is 5.14 Å². The fourth-order valence-electron chi connectivity index (χ4n) is 2.42. The number of carbonyl (C=O) groups is 1. The van der Waals surface area contributed by atoms with Crippen LogP contribution in [-0.2, 0) is 27.8 Å². The molecule has 0 saturated carbocycles. The van der Waals surface area contributed by atoms with Gasteiger partial charge in [0.25, 0.3) is 0 Å². The SMILES string of the molecule is CN(C)C(=O)CNC(=NCc1ccc(S(N)(=O)=O)cc1)NCCc1ccccc1. The van der Waals surface area contributed by atoms with Gasteiger partial charge in [-0.25, -0.2) is 18.5 Å². The van der Waals surface area contributed by atoms with Gasteiger partial charge < -0.3 is 15.5 Å². The van der Waals surface area contributed by atoms with Crippen LogP contribution in [0.5, 0.6) is 0 Å². The van der Waals surface area contributed by atoms with Crippen LogP contribution >= 0.6 is 0 Å². The van der Waals surface area contributed by atoms with E-state index in [1.165, 1.54) is 22.6 Å². The minimum absolute atomic E-state index is 0.0566. The van der Waals surface area contributed by atoms with Gasteiger partial charge in [-0.15, -0.1) is 0 Å². The number of hydrogen-bond donors (Lipinski definition) is 3. The average Bonchev–Trinajstić information content (AvgIpc) is 2.69. The summed E-state index contributed by atoms with van der Waals surface area (Å²) in [5.41, 5.74) is 2.02. The number of sulfonamides is 1. The van der Waals surface area contributed by atoms with Gasteiger partial charge in [0.05, 0.1) is 18.0 Å². The molecule has 29 heavy (non-hydrogen) atoms. The zero-order valence-electron chi connectivity index (χ0n) is 16.6. The molecule has 0 unspecified atom stereocenters. The Morgan fingerprint density at radius 1 is 1.00 bits per heavy atom. The van der Waals surface area contributed by atoms with Gasteiger partial charge in [0.2, 0.25) is 15.9 Å². The van der Waals surface area contributed by atoms with Crippen molar-refractivity contribution in [2.24, 2.45) is 10.1 Å². The Balaban J connectivity index is 2.01. The van der Waals surface area contributed by atoms with E-state index in [9.17, 15) is 13.2 Å². The molecule has 0 bridgehead atoms. The lowest BCUT2D eigenvalue weighted by Gasteiger charge is -2.15. The number of aliphatic imine (C=N–C) groups is 1. The summed E-state index contributed by atoms with van der Waals surface area (Å²) in [4.78, 5) is 17.9. The molecule has 0 aliphatic carbocycles. The van der Waals surface area contributed by atoms with Crippen molar-refractivity contribution in [1.82, 2.24) is 15.5 Å². The van der Waals surface area contributed by atoms with Crippen molar-refractivity contribution in [2.75, 3.05) is 27.2 Å². The Bertz CT molecular complexity index is 926. The third kappa shape index (κ3) is 7.92. The van der Waals surface area contributed by atoms with Crippen LogP contribution in [0.25, 0.3) is 0 Å². The van der Waals surface area contributed by atoms with E-state index in [0.717, 1.165) is 12.0 Å². The van der Waals surface area contributed by atoms with E-state index in [2.05, 4.69) is 27.8 Å². The number of amides is 1. The van der Waals surface area contributed by atoms with Gasteiger partial charge in [0, 0.05) is 20.6 Å². The molecule has 2 aromatic rings. The molecule has 2 rings (SSSR count). The van der Waals surface area contributed by atoms with Gasteiger partial charge in [0.1, 0.15) is 0 Å². The lowest BCUT2D eigenvalue weighted by molar-refractivity contribution is -0.127. The van der Waals surface area contributed by atoms with Gasteiger partial charge >= 0.3 is 0 Å². The Morgan fingerprint density at radius 2 is 1.66 bits per heavy atom. The van der Waals surface area contributed by atoms with Crippen LogP contribution in [-0.4, -0.2) is 52.4 Å². The molecule has 0 radical (unpaired) electrons. The zero-order valence-corrected chi connectivity index (χ0v) is 17.4. The third-order valence-corrected chi connectivity index (χ3v) is 5.06. The van der Waals surface area contributed by atoms with Gasteiger partial charge in [-0.05, 0) is 29.7 Å². The molecule has 0 saturated heterocycles. The predicted molar refractivity (Wildman–Crippen MR) is 114 cm³/mol. The molecular weight excluding hydrogens is 390 g/mol. The van der Waals surface area contributed by atoms with Gasteiger partial charge in [0.15, 0.2) is 5.96 Å². The highest BCUT2D eigenvalue weighted by atomic mass is 32.2. The largest absolute Gasteiger partial charge is 0.356 e. The van der Waals surface area contributed by atoms with Crippen LogP contribution in [0.3, 0.4) is 0 Å². The first kappa shape index (κ1) is 22.4. The summed E-state index contributed by atoms with van der Waals surface area (Å²) < 4.78 is 22.7. The van der Waals surface area contributed by atoms with Crippen molar-refractivity contribution >= 4 is 21.9 Å². The normalized spacial score (nSPS) is 11.8. The second-order valence-corrected chi connectivity index (χ2v) is 8.22. The van der Waals surface area contributed by atoms with Crippen molar-refractivity contribution in [3.05, 3.63) is 65.7 Å². The number of nitrogens with one attached hydrogen (secondary N) is 2. The van der Waals surface area contributed by atoms with E-state index in [1.807, 2.05) is 18.2 Å². The van der Waals surface area contributed by atoms with Crippen LogP contribution < -0.4 is 15.8 Å². The Kier molecular flexibility index (Phi) is 8.17. The number of hydrogen-bond acceptors (Lipinski definition) is 4. The van der Waals surface area contributed by atoms with Gasteiger partial charge in [-0.3, -0.25) is 4.79 Å². The monoisotopic (exact) mass is 417 g/mol. The summed E-state index contributed by atoms with van der Waals surface area (Å²) in [7, 11) is -0.336. The van der Waals surface area contributed by atoms with Gasteiger partial charge in [-0.2, -0.15) is 0 Å². The second-order valence-electron chi connectivity index (χ2n) is 6.66. The van der Waals surface area contributed by atoms with Crippen LogP contribution in [0.2, 0.25) is 0 Å². The van der Waals surface area contributed by atoms with Crippen LogP contribution in [0.1, 0.15) is 11.1 Å². The first-order valence-corrected chi connectivity index (χ1v) is 10.7. The molecule has 4 N–H and O–H groups in total. The Hall–Kier alpha value is -2.91. The number of guanidine groups is 1. The van der Waals surface area contributed by atoms with Crippen molar-refractivity contribution < 1.29 is 13.2 Å². The maximum Gasteiger partial charge on any atom is 0.241 e. The van der Waals surface area contributed by atoms with Gasteiger partial charge in [-0.1, -0.05) is 42.5 Å². The molecule has 0 heterocycles. The highest BCUT2D eigenvalue weighted by Crippen LogP contribution is 2.09. The summed E-state index contributed by atoms with van der Waals surface area (Å²) in [6.07, 6.45) is 0.812. The van der Waals surface area contributed by atoms with E-state index in [0.29, 0.717) is 19.0 Å². The van der Waals surface area contributed by atoms with Crippen molar-refractivity contribution in [2.45, 2.75) is 17.9 Å². The molecule has 0 aliphatic rings. The van der Waals surface area contributed by atoms with E-state index in [-0.39, 0.29) is 17.3 Å². The topological polar surface area (TPSA) is 117 Å². The summed E-state index contributed by atoms with van der Waals surface area (Å²) >= 11 is 0. The summed E-state index contributed by atoms with van der Waals surface area (Å²) in [6.45, 7) is 1.09. The molecule has 2 aromatic carbocycles. The number of carbonyl (C=O) groups excluding carboxylic acids is 1. The zero-order chi connectivity index (χ0) is 21.3. The van der Waals surface area contributed by atoms with Crippen molar-refractivity contribution in [3.63, 3.8) is 0 Å². The molecule has 0 spiro atoms. The van der Waals surface area contributed by atoms with Crippen LogP contribution in [0.4, 0.5) is 0 Å². The summed E-state index contributed by atoms with van der Waals surface area (Å²) in [5, 5.41) is 11.4. The smallest absolute Gasteiger partial charge is 0.241 e. The standard InChI is InChI=1S/C20H27N5O3S/c1-25(2)19(26)15-24-20(22-13-12-16-6-4-3-5-7-16)23-14-17-8-10-18(11-9-17)29(21,27)28/h3-11H,12-15H2,1-2H3,(H2,21,27,28)(H2,22,23,24). The van der Waals surface area contributed by atoms with Crippen LogP contribution in [0.15, 0.2) is 64.5 Å². The van der Waals surface area contributed by atoms with Crippen molar-refractivity contribution in [3.8, 4) is 0 Å². The highest BCUT2D eigenvalue weighted by molar-refractivity contribution is 7.89. The van der Waals surface area contributed by atoms with E-state index < -0.39 is 10.0 Å². The minimum Gasteiger partial charge on any atom is -0.356 e. The number of nitrogens with two attached hydrogens (primary N) is 1. The highest BCUT2D eigenvalue weighted by Gasteiger charge is 2.08. The number of primary sulfonamides is 1. The molecule has 0 fully saturated rings. The molecule has 0 atom stereocenters. The fraction of sp³-hybridized carbons (Fsp3) is 0.300. The number of nitrogens with zero attached hydrogens (tertiary/aromatic N) is 2. The molecule has 0 aromatic heterocycles.